The second-order valence-corrected chi connectivity index (χ2v) is 20.7. The van der Waals surface area contributed by atoms with E-state index in [4.69, 9.17) is 29.4 Å². The van der Waals surface area contributed by atoms with Crippen molar-refractivity contribution in [2.24, 2.45) is 23.2 Å². The minimum atomic E-state index is -0.205. The van der Waals surface area contributed by atoms with Crippen molar-refractivity contribution in [1.82, 2.24) is 44.1 Å². The van der Waals surface area contributed by atoms with Gasteiger partial charge in [-0.15, -0.1) is 0 Å². The summed E-state index contributed by atoms with van der Waals surface area (Å²) in [4.78, 5) is 47.1. The van der Waals surface area contributed by atoms with E-state index in [-0.39, 0.29) is 32.1 Å². The fourth-order valence-corrected chi connectivity index (χ4v) is 11.9. The average molecular weight is 852 g/mol. The molecular formula is C48H53N9O2S2. The van der Waals surface area contributed by atoms with Crippen molar-refractivity contribution in [1.29, 1.82) is 0 Å². The molecule has 4 saturated carbocycles. The number of benzene rings is 2. The summed E-state index contributed by atoms with van der Waals surface area (Å²) < 4.78 is 3.85. The monoisotopic (exact) mass is 851 g/mol. The zero-order chi connectivity index (χ0) is 42.4. The van der Waals surface area contributed by atoms with E-state index in [1.165, 1.54) is 49.7 Å². The van der Waals surface area contributed by atoms with Gasteiger partial charge in [0.25, 0.3) is 11.1 Å². The number of rotatable bonds is 11. The number of nitrogens with zero attached hydrogens (tertiary/aromatic N) is 5. The number of nitrogens with one attached hydrogen (secondary N) is 4. The summed E-state index contributed by atoms with van der Waals surface area (Å²) in [5.41, 5.74) is 8.75. The first-order valence-corrected chi connectivity index (χ1v) is 22.5. The Balaban J connectivity index is 0.838. The van der Waals surface area contributed by atoms with Crippen LogP contribution in [-0.4, -0.2) is 44.1 Å². The molecule has 0 atom stereocenters. The van der Waals surface area contributed by atoms with Crippen LogP contribution in [0.5, 0.6) is 0 Å². The second-order valence-electron chi connectivity index (χ2n) is 19.9. The molecule has 11 nitrogen and oxygen atoms in total. The van der Waals surface area contributed by atoms with Gasteiger partial charge in [0.15, 0.2) is 0 Å². The molecule has 5 aromatic heterocycles. The highest BCUT2D eigenvalue weighted by Crippen LogP contribution is 2.61. The van der Waals surface area contributed by atoms with E-state index in [2.05, 4.69) is 106 Å². The van der Waals surface area contributed by atoms with Crippen LogP contribution in [0.4, 0.5) is 0 Å². The highest BCUT2D eigenvalue weighted by atomic mass is 32.1. The number of aromatic amines is 4. The number of fused-ring (bicyclic) bond motifs is 2. The Morgan fingerprint density at radius 2 is 1.13 bits per heavy atom. The van der Waals surface area contributed by atoms with Crippen LogP contribution in [-0.2, 0) is 23.7 Å². The molecule has 0 unspecified atom stereocenters. The number of aryl methyl sites for hydroxylation is 1. The molecule has 2 aromatic carbocycles. The van der Waals surface area contributed by atoms with Crippen LogP contribution in [0.2, 0.25) is 0 Å². The molecule has 0 saturated heterocycles. The summed E-state index contributed by atoms with van der Waals surface area (Å²) in [6, 6.07) is 21.1. The number of hydrogen-bond donors (Lipinski definition) is 4. The molecule has 4 aliphatic rings. The van der Waals surface area contributed by atoms with Gasteiger partial charge in [-0.25, -0.2) is 19.0 Å². The zero-order valence-corrected chi connectivity index (χ0v) is 37.2. The smallest absolute Gasteiger partial charge is 0.270 e. The van der Waals surface area contributed by atoms with Crippen molar-refractivity contribution in [2.75, 3.05) is 0 Å². The van der Waals surface area contributed by atoms with Crippen molar-refractivity contribution >= 4 is 35.7 Å². The maximum atomic E-state index is 13.4. The first kappa shape index (κ1) is 39.8. The molecule has 4 fully saturated rings. The van der Waals surface area contributed by atoms with Gasteiger partial charge < -0.3 is 9.97 Å². The summed E-state index contributed by atoms with van der Waals surface area (Å²) in [5.74, 6) is 3.76. The highest BCUT2D eigenvalue weighted by Gasteiger charge is 2.51. The molecule has 11 rings (SSSR count). The summed E-state index contributed by atoms with van der Waals surface area (Å²) in [7, 11) is 0. The Kier molecular flexibility index (Phi) is 9.59. The predicted molar refractivity (Wildman–Crippen MR) is 244 cm³/mol. The molecule has 4 aliphatic carbocycles. The Hall–Kier alpha value is -5.27. The molecule has 4 bridgehead atoms. The molecule has 7 aromatic rings. The van der Waals surface area contributed by atoms with Gasteiger partial charge >= 0.3 is 0 Å². The van der Waals surface area contributed by atoms with E-state index in [0.717, 1.165) is 70.6 Å². The van der Waals surface area contributed by atoms with E-state index in [1.807, 2.05) is 19.1 Å². The van der Waals surface area contributed by atoms with Gasteiger partial charge in [-0.05, 0) is 146 Å². The van der Waals surface area contributed by atoms with Crippen LogP contribution >= 0.6 is 24.4 Å². The van der Waals surface area contributed by atoms with Gasteiger partial charge in [-0.2, -0.15) is 0 Å². The Bertz CT molecular complexity index is 3020. The number of H-pyrrole nitrogens is 4. The lowest BCUT2D eigenvalue weighted by molar-refractivity contribution is -0.0521. The SMILES string of the molecule is Cc1ccc(Cc2c(=O)[nH]n3c(=S)nc(-c4ccc(C(C)(C)CCC(C)(C)c5ccc(-c6nc(=S)n7[nH]c(=O)c(CC89CC%10CC(CC(C%10)C8)C9)c7[nH]6)cc5)cc4)[nH]c23)cn1. The number of hydrogen-bond acceptors (Lipinski definition) is 7. The molecular weight excluding hydrogens is 799 g/mol. The van der Waals surface area contributed by atoms with Crippen molar-refractivity contribution in [2.45, 2.75) is 110 Å². The Morgan fingerprint density at radius 3 is 1.59 bits per heavy atom. The third kappa shape index (κ3) is 7.37. The van der Waals surface area contributed by atoms with Crippen molar-refractivity contribution in [3.05, 3.63) is 131 Å². The van der Waals surface area contributed by atoms with E-state index in [1.54, 1.807) is 15.2 Å². The molecule has 0 aliphatic heterocycles. The largest absolute Gasteiger partial charge is 0.324 e. The third-order valence-electron chi connectivity index (χ3n) is 14.6. The van der Waals surface area contributed by atoms with Crippen LogP contribution in [0.25, 0.3) is 34.1 Å². The summed E-state index contributed by atoms with van der Waals surface area (Å²) in [6.07, 6.45) is 12.8. The van der Waals surface area contributed by atoms with E-state index >= 15 is 0 Å². The van der Waals surface area contributed by atoms with Crippen LogP contribution in [0.1, 0.15) is 113 Å². The highest BCUT2D eigenvalue weighted by molar-refractivity contribution is 7.71. The third-order valence-corrected chi connectivity index (χ3v) is 15.1. The molecule has 314 valence electrons. The van der Waals surface area contributed by atoms with E-state index in [0.29, 0.717) is 34.1 Å². The van der Waals surface area contributed by atoms with Crippen LogP contribution in [0.15, 0.2) is 76.4 Å². The normalized spacial score (nSPS) is 21.2. The summed E-state index contributed by atoms with van der Waals surface area (Å²) in [5, 5.41) is 5.83. The predicted octanol–water partition coefficient (Wildman–Crippen LogP) is 9.90. The maximum Gasteiger partial charge on any atom is 0.270 e. The molecule has 5 heterocycles. The first-order chi connectivity index (χ1) is 29.1. The molecule has 0 radical (unpaired) electrons. The van der Waals surface area contributed by atoms with Crippen molar-refractivity contribution < 1.29 is 0 Å². The maximum absolute atomic E-state index is 13.4. The Labute approximate surface area is 364 Å². The summed E-state index contributed by atoms with van der Waals surface area (Å²) >= 11 is 11.4. The molecule has 0 amide bonds. The first-order valence-electron chi connectivity index (χ1n) is 21.7. The lowest BCUT2D eigenvalue weighted by atomic mass is 9.48. The fraction of sp³-hybridized carbons (Fsp3) is 0.438. The summed E-state index contributed by atoms with van der Waals surface area (Å²) in [6.45, 7) is 11.1. The minimum Gasteiger partial charge on any atom is -0.324 e. The van der Waals surface area contributed by atoms with Crippen molar-refractivity contribution in [3.63, 3.8) is 0 Å². The molecule has 4 N–H and O–H groups in total. The van der Waals surface area contributed by atoms with Crippen LogP contribution in [0.3, 0.4) is 0 Å². The van der Waals surface area contributed by atoms with Gasteiger partial charge in [-0.1, -0.05) is 82.3 Å². The van der Waals surface area contributed by atoms with Crippen molar-refractivity contribution in [3.8, 4) is 22.8 Å². The Morgan fingerprint density at radius 1 is 0.672 bits per heavy atom. The molecule has 61 heavy (non-hydrogen) atoms. The average Bonchev–Trinajstić information content (AvgIpc) is 3.72. The fourth-order valence-electron chi connectivity index (χ4n) is 11.4. The van der Waals surface area contributed by atoms with Crippen LogP contribution < -0.4 is 11.1 Å². The lowest BCUT2D eigenvalue weighted by Crippen LogP contribution is -2.47. The minimum absolute atomic E-state index is 0.0513. The van der Waals surface area contributed by atoms with Gasteiger partial charge in [0.2, 0.25) is 9.54 Å². The topological polar surface area (TPSA) is 145 Å². The standard InChI is InChI=1S/C48H53N9O2S2/c1-27-6-7-28(26-49-27)21-36-40-50-38(52-44(60)56(40)54-42(36)58)32-8-12-34(13-9-32)46(2,3)16-17-47(4,5)35-14-10-33(11-15-35)39-51-41-37(43(59)55-57(41)45(61)53-39)25-48-22-29-18-30(23-48)20-31(19-29)24-48/h6-15,26,29-31H,16-25H2,1-5H3,(H,54,58)(H,55,59)(H,50,52,60)(H,51,53,61). The molecule has 13 heteroatoms. The number of pyridine rings is 1. The van der Waals surface area contributed by atoms with Gasteiger partial charge in [0.1, 0.15) is 22.9 Å². The zero-order valence-electron chi connectivity index (χ0n) is 35.5. The quantitative estimate of drug-likeness (QED) is 0.0949. The molecule has 0 spiro atoms. The van der Waals surface area contributed by atoms with E-state index in [9.17, 15) is 9.59 Å². The lowest BCUT2D eigenvalue weighted by Gasteiger charge is -2.57. The second kappa shape index (κ2) is 14.7. The van der Waals surface area contributed by atoms with Gasteiger partial charge in [-0.3, -0.25) is 24.8 Å². The van der Waals surface area contributed by atoms with Gasteiger partial charge in [0.05, 0.1) is 11.1 Å². The van der Waals surface area contributed by atoms with Gasteiger partial charge in [0, 0.05) is 29.4 Å². The van der Waals surface area contributed by atoms with Crippen LogP contribution in [0, 0.1) is 39.6 Å². The van der Waals surface area contributed by atoms with E-state index < -0.39 is 0 Å². The number of aromatic nitrogens is 9.